The van der Waals surface area contributed by atoms with Crippen molar-refractivity contribution in [2.75, 3.05) is 19.7 Å². The molecule has 0 aromatic carbocycles. The molecule has 5 heteroatoms. The summed E-state index contributed by atoms with van der Waals surface area (Å²) < 4.78 is 7.02. The van der Waals surface area contributed by atoms with E-state index in [9.17, 15) is 0 Å². The summed E-state index contributed by atoms with van der Waals surface area (Å²) in [7, 11) is 0. The van der Waals surface area contributed by atoms with Crippen LogP contribution in [0.15, 0.2) is 15.9 Å². The number of hydrogen-bond acceptors (Lipinski definition) is 4. The molecule has 2 heterocycles. The van der Waals surface area contributed by atoms with E-state index in [1.165, 1.54) is 21.5 Å². The summed E-state index contributed by atoms with van der Waals surface area (Å²) >= 11 is 5.34. The first-order chi connectivity index (χ1) is 8.29. The Morgan fingerprint density at radius 1 is 1.47 bits per heavy atom. The van der Waals surface area contributed by atoms with E-state index in [2.05, 4.69) is 33.0 Å². The van der Waals surface area contributed by atoms with Gasteiger partial charge in [-0.05, 0) is 40.9 Å². The molecule has 94 valence electrons. The molecule has 1 aliphatic carbocycles. The molecule has 0 radical (unpaired) electrons. The summed E-state index contributed by atoms with van der Waals surface area (Å²) in [4.78, 5) is 3.97. The van der Waals surface area contributed by atoms with Crippen molar-refractivity contribution in [3.8, 4) is 0 Å². The normalized spacial score (nSPS) is 30.7. The zero-order chi connectivity index (χ0) is 11.8. The Balaban J connectivity index is 1.88. The lowest BCUT2D eigenvalue weighted by Gasteiger charge is -2.40. The largest absolute Gasteiger partial charge is 0.374 e. The highest BCUT2D eigenvalue weighted by Crippen LogP contribution is 2.41. The third-order valence-corrected chi connectivity index (χ3v) is 5.22. The smallest absolute Gasteiger partial charge is 0.0902 e. The van der Waals surface area contributed by atoms with Gasteiger partial charge in [0.15, 0.2) is 0 Å². The molecule has 0 bridgehead atoms. The highest BCUT2D eigenvalue weighted by atomic mass is 79.9. The Kier molecular flexibility index (Phi) is 3.54. The maximum absolute atomic E-state index is 5.86. The van der Waals surface area contributed by atoms with Gasteiger partial charge in [0.2, 0.25) is 0 Å². The molecule has 1 aliphatic heterocycles. The molecule has 1 aromatic heterocycles. The number of nitrogens with zero attached hydrogens (tertiary/aromatic N) is 1. The van der Waals surface area contributed by atoms with Crippen molar-refractivity contribution in [3.05, 3.63) is 20.8 Å². The maximum atomic E-state index is 5.86. The minimum Gasteiger partial charge on any atom is -0.374 e. The number of thiophene rings is 1. The number of rotatable bonds is 3. The fourth-order valence-corrected chi connectivity index (χ4v) is 4.20. The topological polar surface area (TPSA) is 38.5 Å². The molecule has 2 unspecified atom stereocenters. The number of hydrogen-bond donors (Lipinski definition) is 1. The van der Waals surface area contributed by atoms with E-state index in [4.69, 9.17) is 10.5 Å². The van der Waals surface area contributed by atoms with E-state index in [1.54, 1.807) is 11.3 Å². The predicted molar refractivity (Wildman–Crippen MR) is 73.3 cm³/mol. The van der Waals surface area contributed by atoms with Crippen LogP contribution in [0.25, 0.3) is 0 Å². The predicted octanol–water partition coefficient (Wildman–Crippen LogP) is 2.37. The van der Waals surface area contributed by atoms with Crippen molar-refractivity contribution in [2.45, 2.75) is 31.0 Å². The lowest BCUT2D eigenvalue weighted by Crippen LogP contribution is -2.48. The lowest BCUT2D eigenvalue weighted by molar-refractivity contribution is -0.0700. The van der Waals surface area contributed by atoms with Gasteiger partial charge in [-0.25, -0.2) is 0 Å². The first kappa shape index (κ1) is 12.1. The van der Waals surface area contributed by atoms with Gasteiger partial charge in [0.25, 0.3) is 0 Å². The standard InChI is InChI=1S/C12H17BrN2OS/c13-11-4-3-10(17-11)12-9(7-14)16-6-5-15(12)8-1-2-8/h3-4,8-9,12H,1-2,5-7,14H2. The molecular formula is C12H17BrN2OS. The zero-order valence-electron chi connectivity index (χ0n) is 9.64. The summed E-state index contributed by atoms with van der Waals surface area (Å²) in [5.74, 6) is 0. The molecule has 1 saturated heterocycles. The van der Waals surface area contributed by atoms with Crippen molar-refractivity contribution < 1.29 is 4.74 Å². The van der Waals surface area contributed by atoms with Crippen LogP contribution in [0.5, 0.6) is 0 Å². The molecular weight excluding hydrogens is 300 g/mol. The van der Waals surface area contributed by atoms with E-state index in [0.717, 1.165) is 19.2 Å². The van der Waals surface area contributed by atoms with E-state index in [1.807, 2.05) is 0 Å². The third kappa shape index (κ3) is 2.44. The molecule has 0 amide bonds. The zero-order valence-corrected chi connectivity index (χ0v) is 12.0. The molecule has 17 heavy (non-hydrogen) atoms. The molecule has 0 spiro atoms. The molecule has 2 N–H and O–H groups in total. The first-order valence-corrected chi connectivity index (χ1v) is 7.73. The van der Waals surface area contributed by atoms with E-state index < -0.39 is 0 Å². The van der Waals surface area contributed by atoms with Gasteiger partial charge in [-0.1, -0.05) is 0 Å². The van der Waals surface area contributed by atoms with Gasteiger partial charge in [0.05, 0.1) is 22.5 Å². The average Bonchev–Trinajstić information content (AvgIpc) is 3.11. The first-order valence-electron chi connectivity index (χ1n) is 6.12. The molecule has 1 aromatic rings. The number of halogens is 1. The van der Waals surface area contributed by atoms with Gasteiger partial charge in [0.1, 0.15) is 0 Å². The summed E-state index contributed by atoms with van der Waals surface area (Å²) in [5.41, 5.74) is 5.86. The minimum absolute atomic E-state index is 0.148. The van der Waals surface area contributed by atoms with Crippen LogP contribution in [0.3, 0.4) is 0 Å². The van der Waals surface area contributed by atoms with E-state index in [0.29, 0.717) is 12.6 Å². The van der Waals surface area contributed by atoms with Crippen LogP contribution in [0.2, 0.25) is 0 Å². The van der Waals surface area contributed by atoms with Crippen molar-refractivity contribution in [2.24, 2.45) is 5.73 Å². The summed E-state index contributed by atoms with van der Waals surface area (Å²) in [5, 5.41) is 0. The van der Waals surface area contributed by atoms with Crippen LogP contribution in [0.4, 0.5) is 0 Å². The Labute approximate surface area is 114 Å². The minimum atomic E-state index is 0.148. The van der Waals surface area contributed by atoms with Crippen LogP contribution in [0.1, 0.15) is 23.8 Å². The van der Waals surface area contributed by atoms with Gasteiger partial charge >= 0.3 is 0 Å². The van der Waals surface area contributed by atoms with Crippen LogP contribution in [0, 0.1) is 0 Å². The maximum Gasteiger partial charge on any atom is 0.0902 e. The van der Waals surface area contributed by atoms with Gasteiger partial charge < -0.3 is 10.5 Å². The molecule has 2 aliphatic rings. The Morgan fingerprint density at radius 3 is 2.88 bits per heavy atom. The SMILES string of the molecule is NCC1OCCN(C2CC2)C1c1ccc(Br)s1. The second-order valence-corrected chi connectivity index (χ2v) is 7.20. The molecule has 3 rings (SSSR count). The van der Waals surface area contributed by atoms with Crippen LogP contribution in [-0.4, -0.2) is 36.7 Å². The third-order valence-electron chi connectivity index (χ3n) is 3.52. The van der Waals surface area contributed by atoms with E-state index in [-0.39, 0.29) is 6.10 Å². The highest BCUT2D eigenvalue weighted by molar-refractivity contribution is 9.11. The number of nitrogens with two attached hydrogens (primary N) is 1. The second-order valence-electron chi connectivity index (χ2n) is 4.70. The van der Waals surface area contributed by atoms with Crippen LogP contribution >= 0.6 is 27.3 Å². The quantitative estimate of drug-likeness (QED) is 0.930. The van der Waals surface area contributed by atoms with E-state index >= 15 is 0 Å². The van der Waals surface area contributed by atoms with Gasteiger partial charge in [-0.2, -0.15) is 0 Å². The average molecular weight is 317 g/mol. The number of morpholine rings is 1. The van der Waals surface area contributed by atoms with Gasteiger partial charge in [0, 0.05) is 24.0 Å². The Bertz CT molecular complexity index is 394. The summed E-state index contributed by atoms with van der Waals surface area (Å²) in [6.45, 7) is 2.46. The lowest BCUT2D eigenvalue weighted by atomic mass is 10.1. The van der Waals surface area contributed by atoms with Crippen LogP contribution in [-0.2, 0) is 4.74 Å². The number of ether oxygens (including phenoxy) is 1. The molecule has 3 nitrogen and oxygen atoms in total. The van der Waals surface area contributed by atoms with Crippen molar-refractivity contribution in [1.82, 2.24) is 4.90 Å². The summed E-state index contributed by atoms with van der Waals surface area (Å²) in [6, 6.07) is 5.44. The Morgan fingerprint density at radius 2 is 2.29 bits per heavy atom. The van der Waals surface area contributed by atoms with Gasteiger partial charge in [-0.15, -0.1) is 11.3 Å². The van der Waals surface area contributed by atoms with Gasteiger partial charge in [-0.3, -0.25) is 4.90 Å². The monoisotopic (exact) mass is 316 g/mol. The van der Waals surface area contributed by atoms with Crippen molar-refractivity contribution >= 4 is 27.3 Å². The molecule has 2 atom stereocenters. The fourth-order valence-electron chi connectivity index (χ4n) is 2.60. The van der Waals surface area contributed by atoms with Crippen molar-refractivity contribution in [3.63, 3.8) is 0 Å². The highest BCUT2D eigenvalue weighted by Gasteiger charge is 2.41. The summed E-state index contributed by atoms with van der Waals surface area (Å²) in [6.07, 6.45) is 2.82. The second kappa shape index (κ2) is 4.97. The molecule has 1 saturated carbocycles. The Hall–Kier alpha value is 0.0600. The van der Waals surface area contributed by atoms with Crippen molar-refractivity contribution in [1.29, 1.82) is 0 Å². The fraction of sp³-hybridized carbons (Fsp3) is 0.667. The van der Waals surface area contributed by atoms with Crippen LogP contribution < -0.4 is 5.73 Å². The molecule has 2 fully saturated rings.